The van der Waals surface area contributed by atoms with Gasteiger partial charge < -0.3 is 9.47 Å². The molecule has 1 saturated heterocycles. The van der Waals surface area contributed by atoms with Gasteiger partial charge in [-0.2, -0.15) is 0 Å². The Labute approximate surface area is 127 Å². The molecule has 22 heavy (non-hydrogen) atoms. The molecule has 0 atom stereocenters. The first-order valence-electron chi connectivity index (χ1n) is 7.10. The van der Waals surface area contributed by atoms with Crippen molar-refractivity contribution >= 4 is 16.6 Å². The molecule has 116 valence electrons. The number of nitro groups is 1. The molecule has 3 rings (SSSR count). The number of aromatic nitrogens is 1. The van der Waals surface area contributed by atoms with Crippen molar-refractivity contribution in [1.29, 1.82) is 0 Å². The van der Waals surface area contributed by atoms with E-state index in [1.165, 1.54) is 13.2 Å². The van der Waals surface area contributed by atoms with Crippen molar-refractivity contribution in [3.05, 3.63) is 40.1 Å². The molecule has 1 aliphatic rings. The summed E-state index contributed by atoms with van der Waals surface area (Å²) in [5.74, 6) is 0.214. The van der Waals surface area contributed by atoms with Gasteiger partial charge in [-0.1, -0.05) is 0 Å². The number of nitrogens with zero attached hydrogens (tertiary/aromatic N) is 3. The van der Waals surface area contributed by atoms with Gasteiger partial charge in [-0.25, -0.2) is 0 Å². The first kappa shape index (κ1) is 14.7. The van der Waals surface area contributed by atoms with Gasteiger partial charge in [-0.3, -0.25) is 20.0 Å². The highest BCUT2D eigenvalue weighted by molar-refractivity contribution is 5.90. The predicted octanol–water partition coefficient (Wildman–Crippen LogP) is 1.98. The van der Waals surface area contributed by atoms with E-state index in [0.717, 1.165) is 43.8 Å². The molecule has 0 spiro atoms. The van der Waals surface area contributed by atoms with Crippen molar-refractivity contribution in [2.24, 2.45) is 0 Å². The topological polar surface area (TPSA) is 77.7 Å². The summed E-state index contributed by atoms with van der Waals surface area (Å²) in [6, 6.07) is 5.17. The van der Waals surface area contributed by atoms with Crippen LogP contribution in [0.2, 0.25) is 0 Å². The van der Waals surface area contributed by atoms with E-state index >= 15 is 0 Å². The van der Waals surface area contributed by atoms with Gasteiger partial charge in [0.15, 0.2) is 0 Å². The molecule has 2 aromatic rings. The van der Waals surface area contributed by atoms with E-state index in [0.29, 0.717) is 5.52 Å². The summed E-state index contributed by atoms with van der Waals surface area (Å²) in [5, 5.41) is 12.0. The summed E-state index contributed by atoms with van der Waals surface area (Å²) in [6.07, 6.45) is 1.67. The molecule has 0 unspecified atom stereocenters. The van der Waals surface area contributed by atoms with Crippen LogP contribution in [0, 0.1) is 10.1 Å². The van der Waals surface area contributed by atoms with Crippen LogP contribution in [-0.2, 0) is 11.3 Å². The Kier molecular flexibility index (Phi) is 4.17. The number of fused-ring (bicyclic) bond motifs is 1. The molecular weight excluding hydrogens is 286 g/mol. The zero-order chi connectivity index (χ0) is 15.5. The quantitative estimate of drug-likeness (QED) is 0.635. The second kappa shape index (κ2) is 6.25. The van der Waals surface area contributed by atoms with Gasteiger partial charge in [0.25, 0.3) is 0 Å². The fourth-order valence-corrected chi connectivity index (χ4v) is 2.72. The number of ether oxygens (including phenoxy) is 2. The Hall–Kier alpha value is -2.25. The standard InChI is InChI=1S/C15H17N3O4/c1-21-15-13(18(19)20)3-2-12-11(4-5-16-14(12)15)10-17-6-8-22-9-7-17/h2-5H,6-10H2,1H3. The molecule has 7 nitrogen and oxygen atoms in total. The maximum atomic E-state index is 11.1. The highest BCUT2D eigenvalue weighted by atomic mass is 16.6. The van der Waals surface area contributed by atoms with E-state index in [9.17, 15) is 10.1 Å². The first-order chi connectivity index (χ1) is 10.7. The molecule has 0 aliphatic carbocycles. The highest BCUT2D eigenvalue weighted by Crippen LogP contribution is 2.35. The monoisotopic (exact) mass is 303 g/mol. The van der Waals surface area contributed by atoms with Crippen molar-refractivity contribution in [3.8, 4) is 5.75 Å². The van der Waals surface area contributed by atoms with Crippen LogP contribution in [0.3, 0.4) is 0 Å². The molecule has 0 amide bonds. The molecule has 2 heterocycles. The minimum atomic E-state index is -0.450. The number of morpholine rings is 1. The lowest BCUT2D eigenvalue weighted by Crippen LogP contribution is -2.35. The zero-order valence-electron chi connectivity index (χ0n) is 12.3. The second-order valence-electron chi connectivity index (χ2n) is 5.13. The van der Waals surface area contributed by atoms with E-state index in [1.54, 1.807) is 12.3 Å². The van der Waals surface area contributed by atoms with E-state index in [1.807, 2.05) is 6.07 Å². The van der Waals surface area contributed by atoms with E-state index in [2.05, 4.69) is 9.88 Å². The summed E-state index contributed by atoms with van der Waals surface area (Å²) in [4.78, 5) is 17.2. The van der Waals surface area contributed by atoms with Gasteiger partial charge in [-0.05, 0) is 17.7 Å². The molecule has 0 N–H and O–H groups in total. The van der Waals surface area contributed by atoms with Gasteiger partial charge in [-0.15, -0.1) is 0 Å². The average Bonchev–Trinajstić information content (AvgIpc) is 2.55. The molecule has 1 aromatic heterocycles. The number of nitro benzene ring substituents is 1. The predicted molar refractivity (Wildman–Crippen MR) is 81.0 cm³/mol. The summed E-state index contributed by atoms with van der Waals surface area (Å²) >= 11 is 0. The van der Waals surface area contributed by atoms with Crippen LogP contribution in [0.4, 0.5) is 5.69 Å². The number of rotatable bonds is 4. The largest absolute Gasteiger partial charge is 0.489 e. The van der Waals surface area contributed by atoms with Crippen LogP contribution in [0.5, 0.6) is 5.75 Å². The number of pyridine rings is 1. The number of hydrogen-bond acceptors (Lipinski definition) is 6. The smallest absolute Gasteiger partial charge is 0.313 e. The minimum absolute atomic E-state index is 0.0639. The summed E-state index contributed by atoms with van der Waals surface area (Å²) in [7, 11) is 1.43. The van der Waals surface area contributed by atoms with Crippen molar-refractivity contribution in [2.45, 2.75) is 6.54 Å². The van der Waals surface area contributed by atoms with Crippen LogP contribution in [-0.4, -0.2) is 48.2 Å². The Morgan fingerprint density at radius 3 is 2.82 bits per heavy atom. The molecule has 1 aliphatic heterocycles. The number of benzene rings is 1. The number of methoxy groups -OCH3 is 1. The van der Waals surface area contributed by atoms with Crippen molar-refractivity contribution in [1.82, 2.24) is 9.88 Å². The third kappa shape index (κ3) is 2.72. The Morgan fingerprint density at radius 2 is 2.14 bits per heavy atom. The maximum absolute atomic E-state index is 11.1. The lowest BCUT2D eigenvalue weighted by atomic mass is 10.1. The highest BCUT2D eigenvalue weighted by Gasteiger charge is 2.20. The van der Waals surface area contributed by atoms with Crippen LogP contribution >= 0.6 is 0 Å². The first-order valence-corrected chi connectivity index (χ1v) is 7.10. The van der Waals surface area contributed by atoms with Gasteiger partial charge in [0.05, 0.1) is 25.2 Å². The van der Waals surface area contributed by atoms with E-state index < -0.39 is 4.92 Å². The van der Waals surface area contributed by atoms with Crippen molar-refractivity contribution < 1.29 is 14.4 Å². The molecular formula is C15H17N3O4. The SMILES string of the molecule is COc1c([N+](=O)[O-])ccc2c(CN3CCOCC3)ccnc12. The van der Waals surface area contributed by atoms with E-state index in [4.69, 9.17) is 9.47 Å². The Morgan fingerprint density at radius 1 is 1.36 bits per heavy atom. The fraction of sp³-hybridized carbons (Fsp3) is 0.400. The summed E-state index contributed by atoms with van der Waals surface area (Å²) in [6.45, 7) is 4.00. The fourth-order valence-electron chi connectivity index (χ4n) is 2.72. The van der Waals surface area contributed by atoms with Crippen LogP contribution in [0.15, 0.2) is 24.4 Å². The van der Waals surface area contributed by atoms with Crippen LogP contribution < -0.4 is 4.74 Å². The van der Waals surface area contributed by atoms with Crippen LogP contribution in [0.25, 0.3) is 10.9 Å². The second-order valence-corrected chi connectivity index (χ2v) is 5.13. The normalized spacial score (nSPS) is 15.9. The lowest BCUT2D eigenvalue weighted by molar-refractivity contribution is -0.385. The van der Waals surface area contributed by atoms with Crippen molar-refractivity contribution in [3.63, 3.8) is 0 Å². The van der Waals surface area contributed by atoms with E-state index in [-0.39, 0.29) is 11.4 Å². The molecule has 0 bridgehead atoms. The summed E-state index contributed by atoms with van der Waals surface area (Å²) < 4.78 is 10.6. The molecule has 7 heteroatoms. The van der Waals surface area contributed by atoms with Gasteiger partial charge in [0.1, 0.15) is 5.52 Å². The molecule has 0 saturated carbocycles. The zero-order valence-corrected chi connectivity index (χ0v) is 12.3. The minimum Gasteiger partial charge on any atom is -0.489 e. The third-order valence-corrected chi connectivity index (χ3v) is 3.83. The summed E-state index contributed by atoms with van der Waals surface area (Å²) in [5.41, 5.74) is 1.55. The Bertz CT molecular complexity index is 698. The lowest BCUT2D eigenvalue weighted by Gasteiger charge is -2.27. The molecule has 1 fully saturated rings. The van der Waals surface area contributed by atoms with Gasteiger partial charge >= 0.3 is 5.69 Å². The average molecular weight is 303 g/mol. The van der Waals surface area contributed by atoms with Crippen molar-refractivity contribution in [2.75, 3.05) is 33.4 Å². The van der Waals surface area contributed by atoms with Gasteiger partial charge in [0, 0.05) is 37.3 Å². The molecule has 1 aromatic carbocycles. The van der Waals surface area contributed by atoms with Gasteiger partial charge in [0.2, 0.25) is 5.75 Å². The van der Waals surface area contributed by atoms with Crippen LogP contribution in [0.1, 0.15) is 5.56 Å². The third-order valence-electron chi connectivity index (χ3n) is 3.83. The Balaban J connectivity index is 2.03. The maximum Gasteiger partial charge on any atom is 0.313 e. The molecule has 0 radical (unpaired) electrons. The number of hydrogen-bond donors (Lipinski definition) is 0.